The highest BCUT2D eigenvalue weighted by atomic mass is 16.5. The molecule has 3 fully saturated rings. The Morgan fingerprint density at radius 3 is 3.04 bits per heavy atom. The second-order valence-electron chi connectivity index (χ2n) is 8.00. The number of aryl methyl sites for hydroxylation is 1. The summed E-state index contributed by atoms with van der Waals surface area (Å²) < 4.78 is 11.8. The SMILES string of the molecule is Cc1cccc(CN2C[C@H]3COC[C@@]3(Cc3nnc(C4CC4)o3)C2)n1. The molecule has 0 spiro atoms. The van der Waals surface area contributed by atoms with Crippen LogP contribution in [0.2, 0.25) is 0 Å². The van der Waals surface area contributed by atoms with Crippen molar-refractivity contribution in [2.45, 2.75) is 38.6 Å². The Balaban J connectivity index is 1.31. The average Bonchev–Trinajstić information content (AvgIpc) is 3.08. The van der Waals surface area contributed by atoms with Gasteiger partial charge in [-0.1, -0.05) is 6.07 Å². The van der Waals surface area contributed by atoms with Crippen LogP contribution in [0.1, 0.15) is 41.9 Å². The lowest BCUT2D eigenvalue weighted by Crippen LogP contribution is -2.33. The third-order valence-corrected chi connectivity index (χ3v) is 5.84. The number of nitrogens with zero attached hydrogens (tertiary/aromatic N) is 4. The zero-order valence-electron chi connectivity index (χ0n) is 14.6. The predicted octanol–water partition coefficient (Wildman–Crippen LogP) is 2.34. The molecule has 3 aliphatic rings. The summed E-state index contributed by atoms with van der Waals surface area (Å²) in [6.45, 7) is 6.63. The monoisotopic (exact) mass is 340 g/mol. The van der Waals surface area contributed by atoms with Crippen molar-refractivity contribution in [2.24, 2.45) is 11.3 Å². The maximum atomic E-state index is 5.93. The van der Waals surface area contributed by atoms with Crippen molar-refractivity contribution < 1.29 is 9.15 Å². The number of hydrogen-bond donors (Lipinski definition) is 0. The summed E-state index contributed by atoms with van der Waals surface area (Å²) in [5.41, 5.74) is 2.33. The molecule has 0 bridgehead atoms. The maximum Gasteiger partial charge on any atom is 0.219 e. The number of aromatic nitrogens is 3. The summed E-state index contributed by atoms with van der Waals surface area (Å²) in [5, 5.41) is 8.56. The van der Waals surface area contributed by atoms with Crippen LogP contribution in [0.15, 0.2) is 22.6 Å². The van der Waals surface area contributed by atoms with Crippen LogP contribution in [0, 0.1) is 18.3 Å². The Labute approximate surface area is 147 Å². The Hall–Kier alpha value is -1.79. The molecule has 6 nitrogen and oxygen atoms in total. The summed E-state index contributed by atoms with van der Waals surface area (Å²) in [7, 11) is 0. The first kappa shape index (κ1) is 15.5. The highest BCUT2D eigenvalue weighted by Gasteiger charge is 2.51. The molecule has 0 amide bonds. The molecule has 2 aromatic rings. The van der Waals surface area contributed by atoms with Crippen molar-refractivity contribution in [3.8, 4) is 0 Å². The van der Waals surface area contributed by atoms with Crippen LogP contribution in [0.25, 0.3) is 0 Å². The van der Waals surface area contributed by atoms with E-state index < -0.39 is 0 Å². The fourth-order valence-electron chi connectivity index (χ4n) is 4.36. The first-order valence-electron chi connectivity index (χ1n) is 9.25. The van der Waals surface area contributed by atoms with Gasteiger partial charge in [-0.15, -0.1) is 10.2 Å². The molecule has 132 valence electrons. The van der Waals surface area contributed by atoms with E-state index in [1.165, 1.54) is 12.8 Å². The maximum absolute atomic E-state index is 5.93. The third kappa shape index (κ3) is 2.98. The topological polar surface area (TPSA) is 64.3 Å². The molecule has 1 aliphatic carbocycles. The van der Waals surface area contributed by atoms with Crippen LogP contribution in [-0.4, -0.2) is 46.4 Å². The predicted molar refractivity (Wildman–Crippen MR) is 91.0 cm³/mol. The van der Waals surface area contributed by atoms with Gasteiger partial charge in [-0.3, -0.25) is 9.88 Å². The summed E-state index contributed by atoms with van der Waals surface area (Å²) in [6.07, 6.45) is 3.21. The van der Waals surface area contributed by atoms with Crippen LogP contribution in [-0.2, 0) is 17.7 Å². The first-order valence-corrected chi connectivity index (χ1v) is 9.25. The van der Waals surface area contributed by atoms with Crippen LogP contribution >= 0.6 is 0 Å². The molecule has 6 heteroatoms. The molecule has 5 rings (SSSR count). The number of ether oxygens (including phenoxy) is 1. The third-order valence-electron chi connectivity index (χ3n) is 5.84. The fourth-order valence-corrected chi connectivity index (χ4v) is 4.36. The molecule has 25 heavy (non-hydrogen) atoms. The minimum atomic E-state index is 0.108. The number of hydrogen-bond acceptors (Lipinski definition) is 6. The number of rotatable bonds is 5. The molecule has 0 radical (unpaired) electrons. The Kier molecular flexibility index (Phi) is 3.64. The highest BCUT2D eigenvalue weighted by Crippen LogP contribution is 2.45. The lowest BCUT2D eigenvalue weighted by molar-refractivity contribution is 0.122. The van der Waals surface area contributed by atoms with Gasteiger partial charge in [-0.05, 0) is 31.9 Å². The largest absolute Gasteiger partial charge is 0.425 e. The zero-order chi connectivity index (χ0) is 16.9. The van der Waals surface area contributed by atoms with E-state index in [4.69, 9.17) is 9.15 Å². The molecule has 0 aromatic carbocycles. The second-order valence-corrected chi connectivity index (χ2v) is 8.00. The molecule has 2 saturated heterocycles. The molecule has 1 saturated carbocycles. The van der Waals surface area contributed by atoms with Gasteiger partial charge < -0.3 is 9.15 Å². The van der Waals surface area contributed by atoms with Gasteiger partial charge in [-0.25, -0.2) is 0 Å². The van der Waals surface area contributed by atoms with Crippen LogP contribution in [0.3, 0.4) is 0 Å². The highest BCUT2D eigenvalue weighted by molar-refractivity contribution is 5.12. The van der Waals surface area contributed by atoms with Gasteiger partial charge in [0.2, 0.25) is 11.8 Å². The summed E-state index contributed by atoms with van der Waals surface area (Å²) in [5.74, 6) is 2.67. The van der Waals surface area contributed by atoms with Gasteiger partial charge >= 0.3 is 0 Å². The lowest BCUT2D eigenvalue weighted by atomic mass is 9.78. The molecular weight excluding hydrogens is 316 g/mol. The second kappa shape index (κ2) is 5.88. The Morgan fingerprint density at radius 2 is 2.20 bits per heavy atom. The normalized spacial score (nSPS) is 29.2. The lowest BCUT2D eigenvalue weighted by Gasteiger charge is -2.25. The molecule has 0 N–H and O–H groups in total. The molecule has 2 atom stereocenters. The van der Waals surface area contributed by atoms with Crippen molar-refractivity contribution in [3.05, 3.63) is 41.4 Å². The van der Waals surface area contributed by atoms with Crippen molar-refractivity contribution in [1.29, 1.82) is 0 Å². The van der Waals surface area contributed by atoms with E-state index in [1.54, 1.807) is 0 Å². The van der Waals surface area contributed by atoms with E-state index in [1.807, 2.05) is 13.0 Å². The van der Waals surface area contributed by atoms with E-state index in [-0.39, 0.29) is 5.41 Å². The van der Waals surface area contributed by atoms with Gasteiger partial charge in [0.1, 0.15) is 0 Å². The van der Waals surface area contributed by atoms with Crippen LogP contribution in [0.4, 0.5) is 0 Å². The summed E-state index contributed by atoms with van der Waals surface area (Å²) in [4.78, 5) is 7.16. The van der Waals surface area contributed by atoms with Gasteiger partial charge in [0.05, 0.1) is 18.9 Å². The number of likely N-dealkylation sites (tertiary alicyclic amines) is 1. The summed E-state index contributed by atoms with van der Waals surface area (Å²) >= 11 is 0. The molecular formula is C19H24N4O2. The van der Waals surface area contributed by atoms with Crippen molar-refractivity contribution in [3.63, 3.8) is 0 Å². The molecule has 4 heterocycles. The van der Waals surface area contributed by atoms with Crippen molar-refractivity contribution in [1.82, 2.24) is 20.1 Å². The van der Waals surface area contributed by atoms with Crippen LogP contribution < -0.4 is 0 Å². The minimum absolute atomic E-state index is 0.108. The van der Waals surface area contributed by atoms with Gasteiger partial charge in [0, 0.05) is 49.0 Å². The van der Waals surface area contributed by atoms with Gasteiger partial charge in [0.25, 0.3) is 0 Å². The smallest absolute Gasteiger partial charge is 0.219 e. The quantitative estimate of drug-likeness (QED) is 0.832. The van der Waals surface area contributed by atoms with E-state index >= 15 is 0 Å². The molecule has 0 unspecified atom stereocenters. The minimum Gasteiger partial charge on any atom is -0.425 e. The average molecular weight is 340 g/mol. The van der Waals surface area contributed by atoms with E-state index in [0.717, 1.165) is 62.4 Å². The van der Waals surface area contributed by atoms with Crippen molar-refractivity contribution >= 4 is 0 Å². The van der Waals surface area contributed by atoms with E-state index in [0.29, 0.717) is 11.8 Å². The Bertz CT molecular complexity index is 772. The standard InChI is InChI=1S/C19H24N4O2/c1-13-3-2-4-16(20-13)9-23-8-15-10-24-12-19(15,11-23)7-17-21-22-18(25-17)14-5-6-14/h2-4,14-15H,5-12H2,1H3/t15-,19+/m0/s1. The van der Waals surface area contributed by atoms with Gasteiger partial charge in [0.15, 0.2) is 0 Å². The van der Waals surface area contributed by atoms with E-state index in [9.17, 15) is 0 Å². The number of pyridine rings is 1. The van der Waals surface area contributed by atoms with Gasteiger partial charge in [-0.2, -0.15) is 0 Å². The fraction of sp³-hybridized carbons (Fsp3) is 0.632. The van der Waals surface area contributed by atoms with Crippen LogP contribution in [0.5, 0.6) is 0 Å². The molecule has 2 aliphatic heterocycles. The molecule has 2 aromatic heterocycles. The number of fused-ring (bicyclic) bond motifs is 1. The zero-order valence-corrected chi connectivity index (χ0v) is 14.6. The van der Waals surface area contributed by atoms with Crippen molar-refractivity contribution in [2.75, 3.05) is 26.3 Å². The Morgan fingerprint density at radius 1 is 1.28 bits per heavy atom. The summed E-state index contributed by atoms with van der Waals surface area (Å²) in [6, 6.07) is 6.25. The first-order chi connectivity index (χ1) is 12.2. The van der Waals surface area contributed by atoms with E-state index in [2.05, 4.69) is 32.2 Å².